The molecule has 1 atom stereocenters. The van der Waals surface area contributed by atoms with Crippen LogP contribution >= 0.6 is 0 Å². The highest BCUT2D eigenvalue weighted by Gasteiger charge is 2.34. The van der Waals surface area contributed by atoms with Crippen LogP contribution in [0.3, 0.4) is 0 Å². The maximum absolute atomic E-state index is 12.7. The molecule has 0 fully saturated rings. The zero-order valence-corrected chi connectivity index (χ0v) is 11.6. The van der Waals surface area contributed by atoms with Crippen LogP contribution in [-0.2, 0) is 11.0 Å². The Bertz CT molecular complexity index is 491. The van der Waals surface area contributed by atoms with Gasteiger partial charge in [-0.2, -0.15) is 13.2 Å². The Morgan fingerprint density at radius 1 is 1.33 bits per heavy atom. The van der Waals surface area contributed by atoms with Crippen LogP contribution in [0.5, 0.6) is 5.75 Å². The smallest absolute Gasteiger partial charge is 0.419 e. The molecule has 0 aliphatic rings. The summed E-state index contributed by atoms with van der Waals surface area (Å²) in [7, 11) is 0. The van der Waals surface area contributed by atoms with Gasteiger partial charge < -0.3 is 15.6 Å². The van der Waals surface area contributed by atoms with Gasteiger partial charge in [-0.1, -0.05) is 19.1 Å². The Kier molecular flexibility index (Phi) is 5.60. The summed E-state index contributed by atoms with van der Waals surface area (Å²) in [5.41, 5.74) is 3.47. The van der Waals surface area contributed by atoms with Gasteiger partial charge in [-0.3, -0.25) is 4.79 Å². The van der Waals surface area contributed by atoms with Crippen LogP contribution in [0, 0.1) is 0 Å². The number of aliphatic carboxylic acids is 1. The number of hydrogen-bond acceptors (Lipinski definition) is 3. The molecule has 0 saturated carbocycles. The van der Waals surface area contributed by atoms with Crippen molar-refractivity contribution >= 4 is 5.97 Å². The predicted octanol–water partition coefficient (Wildman–Crippen LogP) is 3.06. The van der Waals surface area contributed by atoms with Crippen molar-refractivity contribution in [2.45, 2.75) is 37.9 Å². The van der Waals surface area contributed by atoms with Gasteiger partial charge in [0.05, 0.1) is 12.2 Å². The van der Waals surface area contributed by atoms with E-state index < -0.39 is 23.2 Å². The van der Waals surface area contributed by atoms with Gasteiger partial charge in [0.15, 0.2) is 0 Å². The summed E-state index contributed by atoms with van der Waals surface area (Å²) >= 11 is 0. The first-order valence-electron chi connectivity index (χ1n) is 6.52. The molecular weight excluding hydrogens is 287 g/mol. The second-order valence-electron chi connectivity index (χ2n) is 4.76. The second kappa shape index (κ2) is 6.80. The van der Waals surface area contributed by atoms with E-state index in [2.05, 4.69) is 0 Å². The summed E-state index contributed by atoms with van der Waals surface area (Å²) in [6, 6.07) is 4.89. The van der Waals surface area contributed by atoms with Gasteiger partial charge in [-0.05, 0) is 31.4 Å². The highest BCUT2D eigenvalue weighted by molar-refractivity contribution is 5.78. The topological polar surface area (TPSA) is 72.5 Å². The number of benzene rings is 1. The van der Waals surface area contributed by atoms with Crippen LogP contribution in [0.4, 0.5) is 13.2 Å². The van der Waals surface area contributed by atoms with E-state index in [1.165, 1.54) is 18.2 Å². The van der Waals surface area contributed by atoms with Crippen LogP contribution in [0.15, 0.2) is 24.3 Å². The quantitative estimate of drug-likeness (QED) is 0.759. The Morgan fingerprint density at radius 2 is 1.95 bits per heavy atom. The molecule has 1 rings (SSSR count). The lowest BCUT2D eigenvalue weighted by Gasteiger charge is -2.22. The highest BCUT2D eigenvalue weighted by atomic mass is 19.4. The number of nitrogens with two attached hydrogens (primary N) is 1. The van der Waals surface area contributed by atoms with Gasteiger partial charge in [0.1, 0.15) is 11.3 Å². The van der Waals surface area contributed by atoms with E-state index in [1.54, 1.807) is 6.92 Å². The minimum atomic E-state index is -4.49. The number of halogens is 3. The summed E-state index contributed by atoms with van der Waals surface area (Å²) in [6.07, 6.45) is -3.87. The van der Waals surface area contributed by atoms with Gasteiger partial charge in [-0.15, -0.1) is 0 Å². The number of alkyl halides is 3. The van der Waals surface area contributed by atoms with E-state index in [-0.39, 0.29) is 31.6 Å². The lowest BCUT2D eigenvalue weighted by atomic mass is 9.92. The predicted molar refractivity (Wildman–Crippen MR) is 71.0 cm³/mol. The maximum Gasteiger partial charge on any atom is 0.419 e. The van der Waals surface area contributed by atoms with Crippen molar-refractivity contribution in [2.75, 3.05) is 6.61 Å². The molecule has 118 valence electrons. The van der Waals surface area contributed by atoms with E-state index in [1.807, 2.05) is 0 Å². The molecule has 3 N–H and O–H groups in total. The number of carboxylic acid groups (broad SMARTS) is 1. The van der Waals surface area contributed by atoms with Crippen molar-refractivity contribution in [1.82, 2.24) is 0 Å². The number of hydrogen-bond donors (Lipinski definition) is 2. The van der Waals surface area contributed by atoms with Crippen molar-refractivity contribution in [3.63, 3.8) is 0 Å². The van der Waals surface area contributed by atoms with E-state index in [0.29, 0.717) is 0 Å². The highest BCUT2D eigenvalue weighted by Crippen LogP contribution is 2.35. The van der Waals surface area contributed by atoms with Crippen LogP contribution < -0.4 is 10.5 Å². The molecule has 7 heteroatoms. The molecule has 1 aromatic carbocycles. The molecule has 0 aliphatic carbocycles. The SMILES string of the molecule is CCC(N)(CCCOc1ccccc1C(F)(F)F)C(=O)O. The molecule has 0 heterocycles. The minimum Gasteiger partial charge on any atom is -0.493 e. The molecule has 0 bridgehead atoms. The summed E-state index contributed by atoms with van der Waals surface area (Å²) in [5, 5.41) is 8.99. The Labute approximate surface area is 120 Å². The zero-order chi connectivity index (χ0) is 16.1. The molecular formula is C14H18F3NO3. The summed E-state index contributed by atoms with van der Waals surface area (Å²) in [6.45, 7) is 1.62. The lowest BCUT2D eigenvalue weighted by Crippen LogP contribution is -2.47. The monoisotopic (exact) mass is 305 g/mol. The average Bonchev–Trinajstić information content (AvgIpc) is 2.42. The largest absolute Gasteiger partial charge is 0.493 e. The summed E-state index contributed by atoms with van der Waals surface area (Å²) in [5.74, 6) is -1.39. The van der Waals surface area contributed by atoms with E-state index in [9.17, 15) is 18.0 Å². The van der Waals surface area contributed by atoms with Crippen LogP contribution in [0.1, 0.15) is 31.7 Å². The van der Waals surface area contributed by atoms with E-state index in [0.717, 1.165) is 6.07 Å². The summed E-state index contributed by atoms with van der Waals surface area (Å²) in [4.78, 5) is 11.0. The zero-order valence-electron chi connectivity index (χ0n) is 11.6. The van der Waals surface area contributed by atoms with Crippen molar-refractivity contribution in [2.24, 2.45) is 5.73 Å². The fourth-order valence-electron chi connectivity index (χ4n) is 1.83. The molecule has 0 amide bonds. The van der Waals surface area contributed by atoms with E-state index in [4.69, 9.17) is 15.6 Å². The third kappa shape index (κ3) is 4.63. The van der Waals surface area contributed by atoms with Gasteiger partial charge in [-0.25, -0.2) is 0 Å². The third-order valence-electron chi connectivity index (χ3n) is 3.27. The Hall–Kier alpha value is -1.76. The van der Waals surface area contributed by atoms with Crippen molar-refractivity contribution in [1.29, 1.82) is 0 Å². The van der Waals surface area contributed by atoms with Gasteiger partial charge in [0, 0.05) is 0 Å². The standard InChI is InChI=1S/C14H18F3NO3/c1-2-13(18,12(19)20)8-5-9-21-11-7-4-3-6-10(11)14(15,16)17/h3-4,6-7H,2,5,8-9,18H2,1H3,(H,19,20). The fourth-order valence-corrected chi connectivity index (χ4v) is 1.83. The minimum absolute atomic E-state index is 0.0284. The van der Waals surface area contributed by atoms with E-state index >= 15 is 0 Å². The van der Waals surface area contributed by atoms with Gasteiger partial charge in [0.25, 0.3) is 0 Å². The molecule has 1 aromatic rings. The second-order valence-corrected chi connectivity index (χ2v) is 4.76. The first-order valence-corrected chi connectivity index (χ1v) is 6.52. The van der Waals surface area contributed by atoms with Crippen molar-refractivity contribution < 1.29 is 27.8 Å². The first kappa shape index (κ1) is 17.3. The number of carboxylic acids is 1. The molecule has 0 aromatic heterocycles. The maximum atomic E-state index is 12.7. The van der Waals surface area contributed by atoms with Crippen LogP contribution in [0.25, 0.3) is 0 Å². The molecule has 0 aliphatic heterocycles. The van der Waals surface area contributed by atoms with Crippen LogP contribution in [0.2, 0.25) is 0 Å². The van der Waals surface area contributed by atoms with Crippen molar-refractivity contribution in [3.05, 3.63) is 29.8 Å². The van der Waals surface area contributed by atoms with Gasteiger partial charge in [0.2, 0.25) is 0 Å². The number of carbonyl (C=O) groups is 1. The number of rotatable bonds is 7. The first-order chi connectivity index (χ1) is 9.70. The van der Waals surface area contributed by atoms with Crippen molar-refractivity contribution in [3.8, 4) is 5.75 Å². The molecule has 0 radical (unpaired) electrons. The normalized spacial score (nSPS) is 14.5. The average molecular weight is 305 g/mol. The molecule has 0 saturated heterocycles. The number of ether oxygens (including phenoxy) is 1. The molecule has 0 spiro atoms. The third-order valence-corrected chi connectivity index (χ3v) is 3.27. The Balaban J connectivity index is 2.60. The van der Waals surface area contributed by atoms with Crippen LogP contribution in [-0.4, -0.2) is 23.2 Å². The number of para-hydroxylation sites is 1. The summed E-state index contributed by atoms with van der Waals surface area (Å²) < 4.78 is 43.3. The van der Waals surface area contributed by atoms with Gasteiger partial charge >= 0.3 is 12.1 Å². The lowest BCUT2D eigenvalue weighted by molar-refractivity contribution is -0.143. The molecule has 1 unspecified atom stereocenters. The fraction of sp³-hybridized carbons (Fsp3) is 0.500. The molecule has 4 nitrogen and oxygen atoms in total. The Morgan fingerprint density at radius 3 is 2.48 bits per heavy atom. The molecule has 21 heavy (non-hydrogen) atoms.